The Bertz CT molecular complexity index is 881. The molecule has 5 nitrogen and oxygen atoms in total. The number of aromatic nitrogens is 1. The average molecular weight is 307 g/mol. The molecule has 0 bridgehead atoms. The molecular weight excluding hydrogens is 290 g/mol. The van der Waals surface area contributed by atoms with Crippen molar-refractivity contribution in [1.82, 2.24) is 9.99 Å². The van der Waals surface area contributed by atoms with E-state index >= 15 is 0 Å². The van der Waals surface area contributed by atoms with Gasteiger partial charge in [0.1, 0.15) is 5.75 Å². The maximum absolute atomic E-state index is 12.0. The Morgan fingerprint density at radius 1 is 1.22 bits per heavy atom. The van der Waals surface area contributed by atoms with Gasteiger partial charge in [-0.05, 0) is 25.1 Å². The van der Waals surface area contributed by atoms with E-state index in [4.69, 9.17) is 0 Å². The van der Waals surface area contributed by atoms with Crippen LogP contribution in [0.4, 0.5) is 0 Å². The zero-order chi connectivity index (χ0) is 16.2. The Hall–Kier alpha value is -3.08. The first-order chi connectivity index (χ1) is 11.2. The predicted octanol–water partition coefficient (Wildman–Crippen LogP) is 3.13. The van der Waals surface area contributed by atoms with Gasteiger partial charge in [0.15, 0.2) is 0 Å². The molecule has 0 aliphatic heterocycles. The molecule has 0 saturated heterocycles. The van der Waals surface area contributed by atoms with Crippen LogP contribution in [0.2, 0.25) is 0 Å². The molecule has 0 spiro atoms. The van der Waals surface area contributed by atoms with Gasteiger partial charge >= 0.3 is 0 Å². The van der Waals surface area contributed by atoms with Crippen molar-refractivity contribution in [3.63, 3.8) is 0 Å². The number of para-hydroxylation sites is 2. The second kappa shape index (κ2) is 6.36. The second-order valence-electron chi connectivity index (χ2n) is 5.10. The van der Waals surface area contributed by atoms with Crippen LogP contribution in [-0.2, 0) is 6.54 Å². The number of amides is 1. The number of fused-ring (bicyclic) bond motifs is 1. The number of aryl methyl sites for hydroxylation is 1. The number of hydrazone groups is 1. The standard InChI is InChI=1S/C18H17N3O2/c1-2-21-12-13(14-7-3-5-9-16(14)21)11-19-20-18(23)15-8-4-6-10-17(15)22/h3-12,22H,2H2,1H3,(H,20,23)/b19-11+. The van der Waals surface area contributed by atoms with Crippen LogP contribution in [0.25, 0.3) is 10.9 Å². The van der Waals surface area contributed by atoms with Gasteiger partial charge in [-0.15, -0.1) is 0 Å². The van der Waals surface area contributed by atoms with Gasteiger partial charge in [0.2, 0.25) is 0 Å². The van der Waals surface area contributed by atoms with Crippen molar-refractivity contribution in [2.75, 3.05) is 0 Å². The SMILES string of the molecule is CCn1cc(/C=N/NC(=O)c2ccccc2O)c2ccccc21. The van der Waals surface area contributed by atoms with E-state index in [0.717, 1.165) is 23.0 Å². The number of phenolic OH excluding ortho intramolecular Hbond substituents is 1. The van der Waals surface area contributed by atoms with Gasteiger partial charge in [0.25, 0.3) is 5.91 Å². The molecule has 3 aromatic rings. The topological polar surface area (TPSA) is 66.6 Å². The number of nitrogens with one attached hydrogen (secondary N) is 1. The minimum Gasteiger partial charge on any atom is -0.507 e. The number of carbonyl (C=O) groups is 1. The van der Waals surface area contributed by atoms with Crippen LogP contribution in [0.15, 0.2) is 59.8 Å². The Labute approximate surface area is 133 Å². The monoisotopic (exact) mass is 307 g/mol. The van der Waals surface area contributed by atoms with Crippen molar-refractivity contribution in [2.24, 2.45) is 5.10 Å². The fourth-order valence-corrected chi connectivity index (χ4v) is 2.53. The van der Waals surface area contributed by atoms with Crippen LogP contribution in [0.5, 0.6) is 5.75 Å². The first-order valence-corrected chi connectivity index (χ1v) is 7.40. The molecule has 0 atom stereocenters. The zero-order valence-corrected chi connectivity index (χ0v) is 12.7. The van der Waals surface area contributed by atoms with Crippen LogP contribution in [-0.4, -0.2) is 21.8 Å². The minimum absolute atomic E-state index is 0.0669. The highest BCUT2D eigenvalue weighted by Crippen LogP contribution is 2.20. The number of carbonyl (C=O) groups excluding carboxylic acids is 1. The molecule has 2 N–H and O–H groups in total. The number of hydrogen-bond donors (Lipinski definition) is 2. The van der Waals surface area contributed by atoms with Crippen LogP contribution in [0.1, 0.15) is 22.8 Å². The van der Waals surface area contributed by atoms with Crippen LogP contribution >= 0.6 is 0 Å². The summed E-state index contributed by atoms with van der Waals surface area (Å²) in [5.41, 5.74) is 4.70. The van der Waals surface area contributed by atoms with E-state index in [2.05, 4.69) is 28.1 Å². The van der Waals surface area contributed by atoms with Gasteiger partial charge in [-0.1, -0.05) is 30.3 Å². The summed E-state index contributed by atoms with van der Waals surface area (Å²) >= 11 is 0. The lowest BCUT2D eigenvalue weighted by molar-refractivity contribution is 0.0952. The summed E-state index contributed by atoms with van der Waals surface area (Å²) in [6.07, 6.45) is 3.62. The van der Waals surface area contributed by atoms with Crippen molar-refractivity contribution in [1.29, 1.82) is 0 Å². The Balaban J connectivity index is 1.81. The maximum atomic E-state index is 12.0. The summed E-state index contributed by atoms with van der Waals surface area (Å²) in [7, 11) is 0. The third-order valence-corrected chi connectivity index (χ3v) is 3.68. The molecule has 0 aliphatic rings. The fourth-order valence-electron chi connectivity index (χ4n) is 2.53. The van der Waals surface area contributed by atoms with Crippen molar-refractivity contribution in [3.8, 4) is 5.75 Å². The van der Waals surface area contributed by atoms with Gasteiger partial charge in [-0.25, -0.2) is 5.43 Å². The number of benzene rings is 2. The predicted molar refractivity (Wildman–Crippen MR) is 90.8 cm³/mol. The number of nitrogens with zero attached hydrogens (tertiary/aromatic N) is 2. The summed E-state index contributed by atoms with van der Waals surface area (Å²) in [6, 6.07) is 14.4. The molecule has 2 aromatic carbocycles. The van der Waals surface area contributed by atoms with Crippen LogP contribution < -0.4 is 5.43 Å². The summed E-state index contributed by atoms with van der Waals surface area (Å²) < 4.78 is 2.13. The third-order valence-electron chi connectivity index (χ3n) is 3.68. The molecule has 0 fully saturated rings. The van der Waals surface area contributed by atoms with Crippen molar-refractivity contribution in [3.05, 3.63) is 65.9 Å². The highest BCUT2D eigenvalue weighted by Gasteiger charge is 2.09. The number of hydrogen-bond acceptors (Lipinski definition) is 3. The number of rotatable bonds is 4. The molecule has 0 aliphatic carbocycles. The van der Waals surface area contributed by atoms with Gasteiger partial charge < -0.3 is 9.67 Å². The lowest BCUT2D eigenvalue weighted by Gasteiger charge is -2.01. The zero-order valence-electron chi connectivity index (χ0n) is 12.7. The average Bonchev–Trinajstić information content (AvgIpc) is 2.93. The van der Waals surface area contributed by atoms with E-state index in [1.54, 1.807) is 24.4 Å². The molecule has 1 aromatic heterocycles. The van der Waals surface area contributed by atoms with E-state index in [1.165, 1.54) is 6.07 Å². The number of aromatic hydroxyl groups is 1. The highest BCUT2D eigenvalue weighted by atomic mass is 16.3. The van der Waals surface area contributed by atoms with E-state index < -0.39 is 5.91 Å². The highest BCUT2D eigenvalue weighted by molar-refractivity contribution is 6.01. The third kappa shape index (κ3) is 2.94. The van der Waals surface area contributed by atoms with Gasteiger partial charge in [0.05, 0.1) is 11.8 Å². The second-order valence-corrected chi connectivity index (χ2v) is 5.10. The van der Waals surface area contributed by atoms with Crippen LogP contribution in [0.3, 0.4) is 0 Å². The first-order valence-electron chi connectivity index (χ1n) is 7.40. The van der Waals surface area contributed by atoms with E-state index in [1.807, 2.05) is 24.4 Å². The molecule has 3 rings (SSSR count). The molecule has 0 unspecified atom stereocenters. The summed E-state index contributed by atoms with van der Waals surface area (Å²) in [4.78, 5) is 12.0. The molecule has 5 heteroatoms. The van der Waals surface area contributed by atoms with Crippen molar-refractivity contribution < 1.29 is 9.90 Å². The van der Waals surface area contributed by atoms with E-state index in [9.17, 15) is 9.90 Å². The molecule has 0 saturated carbocycles. The van der Waals surface area contributed by atoms with E-state index in [0.29, 0.717) is 0 Å². The Kier molecular flexibility index (Phi) is 4.10. The lowest BCUT2D eigenvalue weighted by Crippen LogP contribution is -2.17. The quantitative estimate of drug-likeness (QED) is 0.574. The van der Waals surface area contributed by atoms with E-state index in [-0.39, 0.29) is 11.3 Å². The Morgan fingerprint density at radius 2 is 1.96 bits per heavy atom. The minimum atomic E-state index is -0.446. The van der Waals surface area contributed by atoms with Crippen molar-refractivity contribution >= 4 is 23.0 Å². The normalized spacial score (nSPS) is 11.2. The molecular formula is C18H17N3O2. The molecule has 116 valence electrons. The Morgan fingerprint density at radius 3 is 2.74 bits per heavy atom. The molecule has 1 heterocycles. The summed E-state index contributed by atoms with van der Waals surface area (Å²) in [6.45, 7) is 2.94. The van der Waals surface area contributed by atoms with Crippen LogP contribution in [0, 0.1) is 0 Å². The number of phenols is 1. The van der Waals surface area contributed by atoms with Gasteiger partial charge in [-0.3, -0.25) is 4.79 Å². The van der Waals surface area contributed by atoms with Gasteiger partial charge in [-0.2, -0.15) is 5.10 Å². The largest absolute Gasteiger partial charge is 0.507 e. The molecule has 23 heavy (non-hydrogen) atoms. The summed E-state index contributed by atoms with van der Waals surface area (Å²) in [5.74, 6) is -0.513. The summed E-state index contributed by atoms with van der Waals surface area (Å²) in [5, 5.41) is 14.7. The fraction of sp³-hybridized carbons (Fsp3) is 0.111. The molecule has 0 radical (unpaired) electrons. The molecule has 1 amide bonds. The van der Waals surface area contributed by atoms with Crippen molar-refractivity contribution in [2.45, 2.75) is 13.5 Å². The smallest absolute Gasteiger partial charge is 0.275 e. The first kappa shape index (κ1) is 14.8. The van der Waals surface area contributed by atoms with Gasteiger partial charge in [0, 0.05) is 29.2 Å². The maximum Gasteiger partial charge on any atom is 0.275 e. The lowest BCUT2D eigenvalue weighted by atomic mass is 10.2.